The summed E-state index contributed by atoms with van der Waals surface area (Å²) in [5.74, 6) is -1.13. The number of halogens is 2. The molecule has 0 aliphatic carbocycles. The summed E-state index contributed by atoms with van der Waals surface area (Å²) in [6.07, 6.45) is 0. The molecule has 0 fully saturated rings. The van der Waals surface area contributed by atoms with E-state index in [0.717, 1.165) is 0 Å². The summed E-state index contributed by atoms with van der Waals surface area (Å²) < 4.78 is 13.3. The van der Waals surface area contributed by atoms with Crippen LogP contribution in [0, 0.1) is 5.82 Å². The van der Waals surface area contributed by atoms with E-state index in [4.69, 9.17) is 0 Å². The number of amides is 2. The van der Waals surface area contributed by atoms with Crippen LogP contribution in [0.2, 0.25) is 0 Å². The predicted molar refractivity (Wildman–Crippen MR) is 74.3 cm³/mol. The number of carbonyl (C=O) groups excluding carboxylic acids is 2. The molecule has 0 bridgehead atoms. The number of benzene rings is 1. The highest BCUT2D eigenvalue weighted by Gasteiger charge is 2.18. The molecule has 0 spiro atoms. The Labute approximate surface area is 119 Å². The zero-order valence-electron chi connectivity index (χ0n) is 11.0. The maximum atomic E-state index is 12.9. The van der Waals surface area contributed by atoms with Crippen LogP contribution in [-0.4, -0.2) is 23.9 Å². The minimum Gasteiger partial charge on any atom is -0.352 e. The fourth-order valence-electron chi connectivity index (χ4n) is 1.42. The summed E-state index contributed by atoms with van der Waals surface area (Å²) >= 11 is 3.11. The van der Waals surface area contributed by atoms with Crippen molar-refractivity contribution in [2.75, 3.05) is 0 Å². The van der Waals surface area contributed by atoms with Crippen LogP contribution in [0.25, 0.3) is 0 Å². The molecule has 1 aromatic carbocycles. The molecule has 2 N–H and O–H groups in total. The first-order chi connectivity index (χ1) is 8.81. The van der Waals surface area contributed by atoms with Crippen molar-refractivity contribution in [3.05, 3.63) is 34.1 Å². The largest absolute Gasteiger partial charge is 0.352 e. The Bertz CT molecular complexity index is 492. The van der Waals surface area contributed by atoms with Gasteiger partial charge >= 0.3 is 0 Å². The zero-order chi connectivity index (χ0) is 14.6. The highest BCUT2D eigenvalue weighted by Crippen LogP contribution is 2.17. The molecule has 0 saturated heterocycles. The van der Waals surface area contributed by atoms with Crippen molar-refractivity contribution in [1.29, 1.82) is 0 Å². The summed E-state index contributed by atoms with van der Waals surface area (Å²) in [5, 5.41) is 5.26. The van der Waals surface area contributed by atoms with Crippen LogP contribution >= 0.6 is 15.9 Å². The number of carbonyl (C=O) groups is 2. The van der Waals surface area contributed by atoms with Gasteiger partial charge in [-0.2, -0.15) is 0 Å². The minimum atomic E-state index is -0.660. The summed E-state index contributed by atoms with van der Waals surface area (Å²) in [6, 6.07) is 3.10. The second kappa shape index (κ2) is 6.65. The number of rotatable bonds is 4. The van der Waals surface area contributed by atoms with Gasteiger partial charge in [0.15, 0.2) is 0 Å². The van der Waals surface area contributed by atoms with Crippen molar-refractivity contribution in [2.45, 2.75) is 32.9 Å². The maximum absolute atomic E-state index is 12.9. The lowest BCUT2D eigenvalue weighted by atomic mass is 10.2. The molecule has 0 aliphatic rings. The van der Waals surface area contributed by atoms with Gasteiger partial charge in [0.05, 0.1) is 5.56 Å². The standard InChI is InChI=1S/C13H16BrFN2O2/c1-7(2)16-12(18)8(3)17-13(19)10-5-4-9(15)6-11(10)14/h4-8H,1-3H3,(H,16,18)(H,17,19). The molecule has 4 nitrogen and oxygen atoms in total. The quantitative estimate of drug-likeness (QED) is 0.889. The smallest absolute Gasteiger partial charge is 0.253 e. The van der Waals surface area contributed by atoms with Crippen LogP contribution in [-0.2, 0) is 4.79 Å². The summed E-state index contributed by atoms with van der Waals surface area (Å²) in [6.45, 7) is 5.26. The van der Waals surface area contributed by atoms with Crippen LogP contribution in [0.4, 0.5) is 4.39 Å². The molecule has 2 amide bonds. The molecule has 1 rings (SSSR count). The topological polar surface area (TPSA) is 58.2 Å². The van der Waals surface area contributed by atoms with Crippen LogP contribution in [0.1, 0.15) is 31.1 Å². The first kappa shape index (κ1) is 15.6. The number of hydrogen-bond donors (Lipinski definition) is 2. The van der Waals surface area contributed by atoms with Gasteiger partial charge in [-0.1, -0.05) is 0 Å². The van der Waals surface area contributed by atoms with E-state index in [-0.39, 0.29) is 17.5 Å². The minimum absolute atomic E-state index is 0.00408. The SMILES string of the molecule is CC(C)NC(=O)C(C)NC(=O)c1ccc(F)cc1Br. The van der Waals surface area contributed by atoms with E-state index in [0.29, 0.717) is 4.47 Å². The monoisotopic (exact) mass is 330 g/mol. The lowest BCUT2D eigenvalue weighted by Crippen LogP contribution is -2.46. The van der Waals surface area contributed by atoms with Crippen LogP contribution < -0.4 is 10.6 Å². The molecule has 1 unspecified atom stereocenters. The number of nitrogens with one attached hydrogen (secondary N) is 2. The Balaban J connectivity index is 2.71. The van der Waals surface area contributed by atoms with E-state index in [1.54, 1.807) is 6.92 Å². The van der Waals surface area contributed by atoms with Crippen molar-refractivity contribution >= 4 is 27.7 Å². The lowest BCUT2D eigenvalue weighted by molar-refractivity contribution is -0.123. The van der Waals surface area contributed by atoms with Crippen molar-refractivity contribution in [3.8, 4) is 0 Å². The molecule has 19 heavy (non-hydrogen) atoms. The van der Waals surface area contributed by atoms with Crippen LogP contribution in [0.5, 0.6) is 0 Å². The molecule has 0 saturated carbocycles. The highest BCUT2D eigenvalue weighted by atomic mass is 79.9. The Kier molecular flexibility index (Phi) is 5.47. The van der Waals surface area contributed by atoms with Gasteiger partial charge in [-0.05, 0) is 54.9 Å². The van der Waals surface area contributed by atoms with E-state index in [1.165, 1.54) is 18.2 Å². The highest BCUT2D eigenvalue weighted by molar-refractivity contribution is 9.10. The molecule has 0 radical (unpaired) electrons. The van der Waals surface area contributed by atoms with E-state index in [1.807, 2.05) is 13.8 Å². The van der Waals surface area contributed by atoms with Gasteiger partial charge in [0, 0.05) is 10.5 Å². The summed E-state index contributed by atoms with van der Waals surface area (Å²) in [7, 11) is 0. The third-order valence-electron chi connectivity index (χ3n) is 2.35. The molecule has 1 aromatic rings. The third-order valence-corrected chi connectivity index (χ3v) is 3.00. The normalized spacial score (nSPS) is 12.1. The Morgan fingerprint density at radius 2 is 1.84 bits per heavy atom. The molecular weight excluding hydrogens is 315 g/mol. The van der Waals surface area contributed by atoms with E-state index in [2.05, 4.69) is 26.6 Å². The second-order valence-corrected chi connectivity index (χ2v) is 5.34. The van der Waals surface area contributed by atoms with E-state index < -0.39 is 17.8 Å². The summed E-state index contributed by atoms with van der Waals surface area (Å²) in [4.78, 5) is 23.6. The van der Waals surface area contributed by atoms with Gasteiger partial charge in [0.2, 0.25) is 5.91 Å². The van der Waals surface area contributed by atoms with Gasteiger partial charge < -0.3 is 10.6 Å². The lowest BCUT2D eigenvalue weighted by Gasteiger charge is -2.16. The average Bonchev–Trinajstić information content (AvgIpc) is 2.27. The molecule has 0 heterocycles. The fourth-order valence-corrected chi connectivity index (χ4v) is 1.95. The van der Waals surface area contributed by atoms with Gasteiger partial charge in [-0.3, -0.25) is 9.59 Å². The first-order valence-corrected chi connectivity index (χ1v) is 6.67. The van der Waals surface area contributed by atoms with Crippen molar-refractivity contribution in [2.24, 2.45) is 0 Å². The van der Waals surface area contributed by atoms with Gasteiger partial charge in [0.1, 0.15) is 11.9 Å². The van der Waals surface area contributed by atoms with Crippen molar-refractivity contribution in [3.63, 3.8) is 0 Å². The zero-order valence-corrected chi connectivity index (χ0v) is 12.5. The molecule has 0 aromatic heterocycles. The van der Waals surface area contributed by atoms with Crippen LogP contribution in [0.15, 0.2) is 22.7 Å². The Hall–Kier alpha value is -1.43. The number of hydrogen-bond acceptors (Lipinski definition) is 2. The van der Waals surface area contributed by atoms with Gasteiger partial charge in [-0.25, -0.2) is 4.39 Å². The van der Waals surface area contributed by atoms with Gasteiger partial charge in [-0.15, -0.1) is 0 Å². The van der Waals surface area contributed by atoms with Crippen LogP contribution in [0.3, 0.4) is 0 Å². The second-order valence-electron chi connectivity index (χ2n) is 4.48. The third kappa shape index (κ3) is 4.63. The average molecular weight is 331 g/mol. The maximum Gasteiger partial charge on any atom is 0.253 e. The van der Waals surface area contributed by atoms with Crippen molar-refractivity contribution in [1.82, 2.24) is 10.6 Å². The first-order valence-electron chi connectivity index (χ1n) is 5.87. The fraction of sp³-hybridized carbons (Fsp3) is 0.385. The molecule has 104 valence electrons. The van der Waals surface area contributed by atoms with E-state index >= 15 is 0 Å². The Morgan fingerprint density at radius 3 is 2.37 bits per heavy atom. The Morgan fingerprint density at radius 1 is 1.21 bits per heavy atom. The van der Waals surface area contributed by atoms with Gasteiger partial charge in [0.25, 0.3) is 5.91 Å². The van der Waals surface area contributed by atoms with E-state index in [9.17, 15) is 14.0 Å². The predicted octanol–water partition coefficient (Wildman–Crippen LogP) is 2.23. The molecule has 6 heteroatoms. The molecule has 0 aliphatic heterocycles. The molecular formula is C13H16BrFN2O2. The van der Waals surface area contributed by atoms with Crippen molar-refractivity contribution < 1.29 is 14.0 Å². The summed E-state index contributed by atoms with van der Waals surface area (Å²) in [5.41, 5.74) is 0.283. The molecule has 1 atom stereocenters.